The first-order valence-corrected chi connectivity index (χ1v) is 8.07. The van der Waals surface area contributed by atoms with Gasteiger partial charge in [-0.15, -0.1) is 0 Å². The number of amidine groups is 2. The predicted octanol–water partition coefficient (Wildman–Crippen LogP) is 2.64. The van der Waals surface area contributed by atoms with Gasteiger partial charge in [0.15, 0.2) is 5.84 Å². The fourth-order valence-electron chi connectivity index (χ4n) is 2.14. The van der Waals surface area contributed by atoms with Crippen LogP contribution in [0.4, 0.5) is 0 Å². The lowest BCUT2D eigenvalue weighted by molar-refractivity contribution is -0.131. The van der Waals surface area contributed by atoms with Crippen LogP contribution in [0.2, 0.25) is 0 Å². The molecule has 2 aliphatic heterocycles. The summed E-state index contributed by atoms with van der Waals surface area (Å²) in [6.45, 7) is 3.28. The van der Waals surface area contributed by atoms with Crippen molar-refractivity contribution in [2.24, 2.45) is 10.1 Å². The van der Waals surface area contributed by atoms with Crippen molar-refractivity contribution in [3.63, 3.8) is 0 Å². The Morgan fingerprint density at radius 3 is 2.71 bits per heavy atom. The summed E-state index contributed by atoms with van der Waals surface area (Å²) < 4.78 is 4.96. The number of nitrogens with one attached hydrogen (secondary N) is 1. The number of fused-ring (bicyclic) bond motifs is 1. The van der Waals surface area contributed by atoms with E-state index in [0.717, 1.165) is 11.5 Å². The summed E-state index contributed by atoms with van der Waals surface area (Å²) in [7, 11) is 0. The van der Waals surface area contributed by atoms with E-state index in [1.807, 2.05) is 6.92 Å². The maximum atomic E-state index is 12.2. The summed E-state index contributed by atoms with van der Waals surface area (Å²) in [5.41, 5.74) is 0.866. The Hall–Kier alpha value is -2.74. The van der Waals surface area contributed by atoms with E-state index in [0.29, 0.717) is 16.5 Å². The van der Waals surface area contributed by atoms with Crippen LogP contribution in [0.5, 0.6) is 5.75 Å². The Balaban J connectivity index is 1.88. The molecule has 1 aromatic rings. The third-order valence-electron chi connectivity index (χ3n) is 3.25. The monoisotopic (exact) mass is 342 g/mol. The fourth-order valence-corrected chi connectivity index (χ4v) is 2.96. The van der Waals surface area contributed by atoms with Gasteiger partial charge in [-0.25, -0.2) is 0 Å². The minimum absolute atomic E-state index is 0.00464. The summed E-state index contributed by atoms with van der Waals surface area (Å²) >= 11 is 1.31. The molecule has 1 N–H and O–H groups in total. The number of ether oxygens (including phenoxy) is 1. The highest BCUT2D eigenvalue weighted by Gasteiger charge is 2.34. The summed E-state index contributed by atoms with van der Waals surface area (Å²) in [5.74, 6) is -0.438. The van der Waals surface area contributed by atoms with Crippen LogP contribution in [-0.4, -0.2) is 32.9 Å². The molecule has 0 bridgehead atoms. The van der Waals surface area contributed by atoms with Gasteiger partial charge >= 0.3 is 5.97 Å². The van der Waals surface area contributed by atoms with Crippen molar-refractivity contribution in [1.82, 2.24) is 5.01 Å². The quantitative estimate of drug-likeness (QED) is 0.517. The van der Waals surface area contributed by atoms with Gasteiger partial charge in [0.25, 0.3) is 5.91 Å². The smallest absolute Gasteiger partial charge is 0.308 e. The van der Waals surface area contributed by atoms with E-state index in [1.54, 1.807) is 30.3 Å². The molecule has 0 fully saturated rings. The number of hydrazone groups is 1. The lowest BCUT2D eigenvalue weighted by atomic mass is 10.1. The normalized spacial score (nSPS) is 18.4. The average Bonchev–Trinajstić information content (AvgIpc) is 2.95. The third kappa shape index (κ3) is 3.13. The Bertz CT molecular complexity index is 824. The topological polar surface area (TPSA) is 95.2 Å². The molecule has 0 spiro atoms. The molecule has 122 valence electrons. The Labute approximate surface area is 142 Å². The molecular weight excluding hydrogens is 328 g/mol. The van der Waals surface area contributed by atoms with Crippen molar-refractivity contribution >= 4 is 45.8 Å². The van der Waals surface area contributed by atoms with Gasteiger partial charge in [-0.05, 0) is 42.0 Å². The van der Waals surface area contributed by atoms with Crippen molar-refractivity contribution in [1.29, 1.82) is 5.41 Å². The number of hydrogen-bond acceptors (Lipinski definition) is 6. The Kier molecular flexibility index (Phi) is 4.30. The molecule has 0 aliphatic carbocycles. The summed E-state index contributed by atoms with van der Waals surface area (Å²) in [5, 5.41) is 15.1. The number of nitrogens with zero attached hydrogens (tertiary/aromatic N) is 3. The molecule has 7 nitrogen and oxygen atoms in total. The Morgan fingerprint density at radius 1 is 1.38 bits per heavy atom. The first kappa shape index (κ1) is 16.1. The lowest BCUT2D eigenvalue weighted by Crippen LogP contribution is -2.35. The molecular formula is C16H14N4O3S. The van der Waals surface area contributed by atoms with Crippen molar-refractivity contribution in [2.75, 3.05) is 0 Å². The van der Waals surface area contributed by atoms with Crippen LogP contribution in [0.3, 0.4) is 0 Å². The van der Waals surface area contributed by atoms with Gasteiger partial charge in [0.2, 0.25) is 5.17 Å². The van der Waals surface area contributed by atoms with Crippen LogP contribution in [0.25, 0.3) is 6.08 Å². The van der Waals surface area contributed by atoms with E-state index in [1.165, 1.54) is 23.7 Å². The van der Waals surface area contributed by atoms with Crippen LogP contribution in [0.1, 0.15) is 25.8 Å². The zero-order valence-electron chi connectivity index (χ0n) is 13.1. The molecule has 0 unspecified atom stereocenters. The summed E-state index contributed by atoms with van der Waals surface area (Å²) in [6.07, 6.45) is 2.30. The number of amides is 1. The zero-order chi connectivity index (χ0) is 17.3. The second-order valence-electron chi connectivity index (χ2n) is 5.03. The van der Waals surface area contributed by atoms with E-state index in [-0.39, 0.29) is 11.4 Å². The lowest BCUT2D eigenvalue weighted by Gasteiger charge is -2.20. The second-order valence-corrected chi connectivity index (χ2v) is 6.07. The van der Waals surface area contributed by atoms with E-state index in [4.69, 9.17) is 10.1 Å². The number of carbonyl (C=O) groups excluding carboxylic acids is 2. The van der Waals surface area contributed by atoms with Gasteiger partial charge in [0.1, 0.15) is 10.8 Å². The minimum Gasteiger partial charge on any atom is -0.427 e. The number of benzene rings is 1. The summed E-state index contributed by atoms with van der Waals surface area (Å²) in [6, 6.07) is 6.64. The number of carbonyl (C=O) groups is 2. The number of rotatable bonds is 3. The highest BCUT2D eigenvalue weighted by Crippen LogP contribution is 2.29. The third-order valence-corrected chi connectivity index (χ3v) is 4.30. The van der Waals surface area contributed by atoms with Crippen LogP contribution < -0.4 is 4.74 Å². The summed E-state index contributed by atoms with van der Waals surface area (Å²) in [4.78, 5) is 27.1. The molecule has 1 aromatic carbocycles. The van der Waals surface area contributed by atoms with Gasteiger partial charge < -0.3 is 4.74 Å². The number of aliphatic imine (C=N–C) groups is 1. The van der Waals surface area contributed by atoms with Crippen molar-refractivity contribution < 1.29 is 14.3 Å². The standard InChI is InChI=1S/C16H14N4O3S/c1-3-13-19-20-14(17)12(15(22)18-16(20)24-13)8-10-4-6-11(7-5-10)23-9(2)21/h4-8,17H,3H2,1-2H3. The molecule has 2 aliphatic rings. The molecule has 2 heterocycles. The van der Waals surface area contributed by atoms with Gasteiger partial charge in [-0.1, -0.05) is 19.1 Å². The number of thioether (sulfide) groups is 1. The second kappa shape index (κ2) is 6.40. The SMILES string of the molecule is CCC1=NN2C(=N)C(=Cc3ccc(OC(C)=O)cc3)C(=O)N=C2S1. The number of hydrogen-bond donors (Lipinski definition) is 1. The molecule has 0 aromatic heterocycles. The fraction of sp³-hybridized carbons (Fsp3) is 0.188. The van der Waals surface area contributed by atoms with E-state index >= 15 is 0 Å². The van der Waals surface area contributed by atoms with Crippen molar-refractivity contribution in [3.05, 3.63) is 35.4 Å². The van der Waals surface area contributed by atoms with E-state index in [2.05, 4.69) is 10.1 Å². The van der Waals surface area contributed by atoms with E-state index in [9.17, 15) is 9.59 Å². The molecule has 0 atom stereocenters. The van der Waals surface area contributed by atoms with Crippen LogP contribution in [0, 0.1) is 5.41 Å². The first-order chi connectivity index (χ1) is 11.5. The average molecular weight is 342 g/mol. The van der Waals surface area contributed by atoms with Crippen molar-refractivity contribution in [3.8, 4) is 5.75 Å². The van der Waals surface area contributed by atoms with Gasteiger partial charge in [0, 0.05) is 6.92 Å². The molecule has 3 rings (SSSR count). The van der Waals surface area contributed by atoms with Crippen LogP contribution in [0.15, 0.2) is 39.9 Å². The molecule has 8 heteroatoms. The zero-order valence-corrected chi connectivity index (χ0v) is 13.9. The molecule has 1 amide bonds. The highest BCUT2D eigenvalue weighted by molar-refractivity contribution is 8.26. The molecule has 0 saturated heterocycles. The van der Waals surface area contributed by atoms with Gasteiger partial charge in [0.05, 0.1) is 5.57 Å². The molecule has 0 radical (unpaired) electrons. The van der Waals surface area contributed by atoms with Crippen LogP contribution in [-0.2, 0) is 9.59 Å². The molecule has 24 heavy (non-hydrogen) atoms. The minimum atomic E-state index is -0.463. The maximum absolute atomic E-state index is 12.2. The van der Waals surface area contributed by atoms with Crippen molar-refractivity contribution in [2.45, 2.75) is 20.3 Å². The highest BCUT2D eigenvalue weighted by atomic mass is 32.2. The van der Waals surface area contributed by atoms with E-state index < -0.39 is 11.9 Å². The maximum Gasteiger partial charge on any atom is 0.308 e. The van der Waals surface area contributed by atoms with Crippen LogP contribution >= 0.6 is 11.8 Å². The first-order valence-electron chi connectivity index (χ1n) is 7.25. The van der Waals surface area contributed by atoms with Gasteiger partial charge in [-0.2, -0.15) is 15.1 Å². The molecule has 0 saturated carbocycles. The Morgan fingerprint density at radius 2 is 2.08 bits per heavy atom. The van der Waals surface area contributed by atoms with Gasteiger partial charge in [-0.3, -0.25) is 15.0 Å². The predicted molar refractivity (Wildman–Crippen MR) is 93.1 cm³/mol. The largest absolute Gasteiger partial charge is 0.427 e. The number of esters is 1.